The van der Waals surface area contributed by atoms with E-state index in [4.69, 9.17) is 15.2 Å². The number of hydrogen-bond donors (Lipinski definition) is 3. The zero-order valence-electron chi connectivity index (χ0n) is 22.2. The lowest BCUT2D eigenvalue weighted by Crippen LogP contribution is -2.32. The van der Waals surface area contributed by atoms with Crippen LogP contribution in [-0.2, 0) is 38.2 Å². The van der Waals surface area contributed by atoms with Crippen LogP contribution in [0.25, 0.3) is 0 Å². The summed E-state index contributed by atoms with van der Waals surface area (Å²) in [4.78, 5) is 22.9. The second-order valence-corrected chi connectivity index (χ2v) is 12.5. The standard InChI is InChI=1S/C14H21NO4S.C12H18N2O2/c1-14(2,3)19-13(16)15-9-11-6-5-7-12(8-11)10-20(4,17)18;1-12(2,3)16-11(15)14-8-9-5-4-6-10(13)7-9/h5-8H,9-10H2,1-4H3,(H,15,16);4-7H,8,13H2,1-3H3,(H,14,15). The molecule has 200 valence electrons. The molecule has 9 nitrogen and oxygen atoms in total. The molecule has 0 atom stereocenters. The molecule has 2 rings (SSSR count). The number of benzene rings is 2. The molecule has 0 bridgehead atoms. The van der Waals surface area contributed by atoms with Crippen molar-refractivity contribution in [2.24, 2.45) is 0 Å². The van der Waals surface area contributed by atoms with Crippen molar-refractivity contribution >= 4 is 27.7 Å². The summed E-state index contributed by atoms with van der Waals surface area (Å²) in [7, 11) is -3.06. The Morgan fingerprint density at radius 3 is 1.61 bits per heavy atom. The van der Waals surface area contributed by atoms with Crippen LogP contribution in [0.3, 0.4) is 0 Å². The Balaban J connectivity index is 0.000000369. The lowest BCUT2D eigenvalue weighted by molar-refractivity contribution is 0.0512. The molecular weight excluding hydrogens is 482 g/mol. The molecule has 0 aliphatic carbocycles. The van der Waals surface area contributed by atoms with Crippen LogP contribution < -0.4 is 16.4 Å². The van der Waals surface area contributed by atoms with Gasteiger partial charge in [0, 0.05) is 25.0 Å². The molecule has 0 saturated carbocycles. The lowest BCUT2D eigenvalue weighted by Gasteiger charge is -2.19. The first-order valence-corrected chi connectivity index (χ1v) is 13.5. The Kier molecular flexibility index (Phi) is 11.2. The first-order chi connectivity index (χ1) is 16.4. The summed E-state index contributed by atoms with van der Waals surface area (Å²) < 4.78 is 32.7. The predicted octanol–water partition coefficient (Wildman–Crippen LogP) is 4.55. The van der Waals surface area contributed by atoms with Crippen molar-refractivity contribution in [2.75, 3.05) is 12.0 Å². The molecule has 2 aromatic carbocycles. The number of alkyl carbamates (subject to hydrolysis) is 2. The van der Waals surface area contributed by atoms with Gasteiger partial charge in [-0.25, -0.2) is 18.0 Å². The third-order valence-corrected chi connectivity index (χ3v) is 4.90. The summed E-state index contributed by atoms with van der Waals surface area (Å²) >= 11 is 0. The fourth-order valence-corrected chi connectivity index (χ4v) is 3.60. The van der Waals surface area contributed by atoms with Crippen molar-refractivity contribution in [1.29, 1.82) is 0 Å². The van der Waals surface area contributed by atoms with Gasteiger partial charge in [0.1, 0.15) is 11.2 Å². The molecule has 2 aromatic rings. The quantitative estimate of drug-likeness (QED) is 0.474. The Morgan fingerprint density at radius 2 is 1.19 bits per heavy atom. The average molecular weight is 522 g/mol. The number of hydrogen-bond acceptors (Lipinski definition) is 7. The number of sulfone groups is 1. The second kappa shape index (κ2) is 13.2. The third-order valence-electron chi connectivity index (χ3n) is 4.04. The minimum absolute atomic E-state index is 0.00667. The van der Waals surface area contributed by atoms with E-state index in [2.05, 4.69) is 10.6 Å². The molecule has 4 N–H and O–H groups in total. The second-order valence-electron chi connectivity index (χ2n) is 10.3. The fraction of sp³-hybridized carbons (Fsp3) is 0.462. The Morgan fingerprint density at radius 1 is 0.778 bits per heavy atom. The topological polar surface area (TPSA) is 137 Å². The lowest BCUT2D eigenvalue weighted by atomic mass is 10.1. The molecule has 0 unspecified atom stereocenters. The molecule has 36 heavy (non-hydrogen) atoms. The zero-order chi connectivity index (χ0) is 27.6. The van der Waals surface area contributed by atoms with Gasteiger partial charge in [-0.3, -0.25) is 0 Å². The van der Waals surface area contributed by atoms with Crippen molar-refractivity contribution < 1.29 is 27.5 Å². The number of rotatable bonds is 6. The monoisotopic (exact) mass is 521 g/mol. The molecular formula is C26H39N3O6S. The van der Waals surface area contributed by atoms with E-state index in [1.165, 1.54) is 6.26 Å². The van der Waals surface area contributed by atoms with Crippen LogP contribution >= 0.6 is 0 Å². The van der Waals surface area contributed by atoms with Crippen molar-refractivity contribution in [2.45, 2.75) is 71.6 Å². The van der Waals surface area contributed by atoms with E-state index in [9.17, 15) is 18.0 Å². The van der Waals surface area contributed by atoms with Gasteiger partial charge >= 0.3 is 12.2 Å². The van der Waals surface area contributed by atoms with E-state index < -0.39 is 33.2 Å². The maximum atomic E-state index is 11.5. The molecule has 0 aliphatic rings. The number of amides is 2. The van der Waals surface area contributed by atoms with Crippen LogP contribution in [0.1, 0.15) is 58.2 Å². The van der Waals surface area contributed by atoms with Crippen molar-refractivity contribution in [3.8, 4) is 0 Å². The van der Waals surface area contributed by atoms with E-state index >= 15 is 0 Å². The Bertz CT molecular complexity index is 1120. The number of carbonyl (C=O) groups is 2. The summed E-state index contributed by atoms with van der Waals surface area (Å²) in [5.74, 6) is -0.00667. The molecule has 0 saturated heterocycles. The maximum absolute atomic E-state index is 11.5. The molecule has 0 radical (unpaired) electrons. The van der Waals surface area contributed by atoms with E-state index in [0.29, 0.717) is 24.3 Å². The highest BCUT2D eigenvalue weighted by atomic mass is 32.2. The number of nitrogen functional groups attached to an aromatic ring is 1. The highest BCUT2D eigenvalue weighted by molar-refractivity contribution is 7.89. The van der Waals surface area contributed by atoms with Crippen LogP contribution in [0.5, 0.6) is 0 Å². The summed E-state index contributed by atoms with van der Waals surface area (Å²) in [5.41, 5.74) is 7.78. The van der Waals surface area contributed by atoms with Gasteiger partial charge < -0.3 is 25.8 Å². The van der Waals surface area contributed by atoms with Gasteiger partial charge in [-0.1, -0.05) is 36.4 Å². The van der Waals surface area contributed by atoms with Crippen LogP contribution in [0.4, 0.5) is 15.3 Å². The van der Waals surface area contributed by atoms with Gasteiger partial charge in [-0.2, -0.15) is 0 Å². The first-order valence-electron chi connectivity index (χ1n) is 11.5. The molecule has 0 aliphatic heterocycles. The van der Waals surface area contributed by atoms with E-state index in [1.807, 2.05) is 45.0 Å². The number of nitrogens with two attached hydrogens (primary N) is 1. The zero-order valence-corrected chi connectivity index (χ0v) is 23.0. The molecule has 10 heteroatoms. The molecule has 0 heterocycles. The summed E-state index contributed by atoms with van der Waals surface area (Å²) in [6.07, 6.45) is 0.277. The number of anilines is 1. The molecule has 0 spiro atoms. The smallest absolute Gasteiger partial charge is 0.407 e. The van der Waals surface area contributed by atoms with Crippen molar-refractivity contribution in [3.63, 3.8) is 0 Å². The van der Waals surface area contributed by atoms with Crippen molar-refractivity contribution in [3.05, 3.63) is 65.2 Å². The summed E-state index contributed by atoms with van der Waals surface area (Å²) in [6, 6.07) is 14.5. The fourth-order valence-electron chi connectivity index (χ4n) is 2.81. The molecule has 2 amide bonds. The first kappa shape index (κ1) is 30.8. The van der Waals surface area contributed by atoms with E-state index in [1.54, 1.807) is 45.0 Å². The van der Waals surface area contributed by atoms with Gasteiger partial charge in [0.15, 0.2) is 9.84 Å². The molecule has 0 aromatic heterocycles. The minimum Gasteiger partial charge on any atom is -0.444 e. The largest absolute Gasteiger partial charge is 0.444 e. The van der Waals surface area contributed by atoms with Gasteiger partial charge in [0.2, 0.25) is 0 Å². The highest BCUT2D eigenvalue weighted by Gasteiger charge is 2.16. The summed E-state index contributed by atoms with van der Waals surface area (Å²) in [5, 5.41) is 5.30. The van der Waals surface area contributed by atoms with Crippen LogP contribution in [-0.4, -0.2) is 38.1 Å². The Hall–Kier alpha value is -3.27. The average Bonchev–Trinajstić information content (AvgIpc) is 2.68. The van der Waals surface area contributed by atoms with Gasteiger partial charge in [0.05, 0.1) is 5.75 Å². The number of nitrogens with one attached hydrogen (secondary N) is 2. The van der Waals surface area contributed by atoms with Crippen LogP contribution in [0, 0.1) is 0 Å². The SMILES string of the molecule is CC(C)(C)OC(=O)NCc1cccc(CS(C)(=O)=O)c1.CC(C)(C)OC(=O)NCc1cccc(N)c1. The minimum atomic E-state index is -3.06. The normalized spacial score (nSPS) is 11.5. The number of ether oxygens (including phenoxy) is 2. The molecule has 0 fully saturated rings. The Labute approximate surface area is 214 Å². The van der Waals surface area contributed by atoms with Crippen LogP contribution in [0.15, 0.2) is 48.5 Å². The van der Waals surface area contributed by atoms with Gasteiger partial charge in [0.25, 0.3) is 0 Å². The van der Waals surface area contributed by atoms with Gasteiger partial charge in [-0.15, -0.1) is 0 Å². The van der Waals surface area contributed by atoms with E-state index in [-0.39, 0.29) is 5.75 Å². The van der Waals surface area contributed by atoms with E-state index in [0.717, 1.165) is 11.1 Å². The predicted molar refractivity (Wildman–Crippen MR) is 142 cm³/mol. The highest BCUT2D eigenvalue weighted by Crippen LogP contribution is 2.11. The van der Waals surface area contributed by atoms with Crippen LogP contribution in [0.2, 0.25) is 0 Å². The van der Waals surface area contributed by atoms with Crippen molar-refractivity contribution in [1.82, 2.24) is 10.6 Å². The maximum Gasteiger partial charge on any atom is 0.407 e. The third kappa shape index (κ3) is 15.6. The summed E-state index contributed by atoms with van der Waals surface area (Å²) in [6.45, 7) is 11.6. The van der Waals surface area contributed by atoms with Gasteiger partial charge in [-0.05, 0) is 70.4 Å². The number of carbonyl (C=O) groups excluding carboxylic acids is 2.